The van der Waals surface area contributed by atoms with Gasteiger partial charge >= 0.3 is 0 Å². The number of allylic oxidation sites excluding steroid dienone is 2. The van der Waals surface area contributed by atoms with Crippen molar-refractivity contribution < 1.29 is 9.53 Å². The van der Waals surface area contributed by atoms with Crippen molar-refractivity contribution in [3.63, 3.8) is 0 Å². The normalized spacial score (nSPS) is 32.5. The summed E-state index contributed by atoms with van der Waals surface area (Å²) in [5.74, 6) is 0.653. The van der Waals surface area contributed by atoms with Crippen LogP contribution in [0.25, 0.3) is 0 Å². The summed E-state index contributed by atoms with van der Waals surface area (Å²) in [4.78, 5) is 15.1. The van der Waals surface area contributed by atoms with E-state index in [0.29, 0.717) is 24.2 Å². The molecule has 2 bridgehead atoms. The van der Waals surface area contributed by atoms with Crippen LogP contribution in [-0.2, 0) is 9.53 Å². The molecule has 6 nitrogen and oxygen atoms in total. The summed E-state index contributed by atoms with van der Waals surface area (Å²) in [6, 6.07) is 1.45. The van der Waals surface area contributed by atoms with Gasteiger partial charge in [0.15, 0.2) is 5.71 Å². The SMILES string of the molecule is COC1=CCC2=NN=C(C(=O)NC3CC4CCC(C3)N4C)C2=C1. The van der Waals surface area contributed by atoms with Crippen molar-refractivity contribution in [3.05, 3.63) is 23.5 Å². The van der Waals surface area contributed by atoms with Gasteiger partial charge in [0.05, 0.1) is 12.8 Å². The predicted molar refractivity (Wildman–Crippen MR) is 88.4 cm³/mol. The molecule has 0 radical (unpaired) electrons. The summed E-state index contributed by atoms with van der Waals surface area (Å²) >= 11 is 0. The molecule has 2 atom stereocenters. The molecule has 1 N–H and O–H groups in total. The van der Waals surface area contributed by atoms with E-state index < -0.39 is 0 Å². The summed E-state index contributed by atoms with van der Waals surface area (Å²) in [7, 11) is 3.83. The smallest absolute Gasteiger partial charge is 0.272 e. The Morgan fingerprint density at radius 2 is 2.04 bits per heavy atom. The molecule has 0 aromatic rings. The fourth-order valence-electron chi connectivity index (χ4n) is 4.15. The summed E-state index contributed by atoms with van der Waals surface area (Å²) in [6.07, 6.45) is 9.01. The van der Waals surface area contributed by atoms with Crippen LogP contribution >= 0.6 is 0 Å². The van der Waals surface area contributed by atoms with E-state index in [4.69, 9.17) is 4.74 Å². The van der Waals surface area contributed by atoms with Gasteiger partial charge in [-0.2, -0.15) is 5.10 Å². The zero-order valence-electron chi connectivity index (χ0n) is 13.6. The Labute approximate surface area is 136 Å². The van der Waals surface area contributed by atoms with Crippen LogP contribution in [0.3, 0.4) is 0 Å². The molecular weight excluding hydrogens is 292 g/mol. The van der Waals surface area contributed by atoms with Crippen LogP contribution in [0.4, 0.5) is 0 Å². The fraction of sp³-hybridized carbons (Fsp3) is 0.588. The van der Waals surface area contributed by atoms with E-state index in [9.17, 15) is 4.79 Å². The molecule has 1 aliphatic carbocycles. The number of piperidine rings is 1. The Bertz CT molecular complexity index is 648. The lowest BCUT2D eigenvalue weighted by Gasteiger charge is -2.36. The third-order valence-corrected chi connectivity index (χ3v) is 5.50. The molecule has 0 spiro atoms. The molecule has 0 saturated carbocycles. The third kappa shape index (κ3) is 2.51. The van der Waals surface area contributed by atoms with Gasteiger partial charge in [0, 0.05) is 30.1 Å². The van der Waals surface area contributed by atoms with E-state index in [-0.39, 0.29) is 11.9 Å². The zero-order chi connectivity index (χ0) is 16.0. The van der Waals surface area contributed by atoms with Crippen LogP contribution in [0.5, 0.6) is 0 Å². The second-order valence-electron chi connectivity index (χ2n) is 6.76. The van der Waals surface area contributed by atoms with Crippen molar-refractivity contribution in [2.45, 2.75) is 50.2 Å². The largest absolute Gasteiger partial charge is 0.497 e. The predicted octanol–water partition coefficient (Wildman–Crippen LogP) is 1.40. The number of nitrogens with one attached hydrogen (secondary N) is 1. The Balaban J connectivity index is 1.44. The number of hydrogen-bond acceptors (Lipinski definition) is 5. The summed E-state index contributed by atoms with van der Waals surface area (Å²) in [6.45, 7) is 0. The van der Waals surface area contributed by atoms with Crippen LogP contribution < -0.4 is 5.32 Å². The molecule has 2 saturated heterocycles. The second kappa shape index (κ2) is 5.60. The molecule has 4 rings (SSSR count). The van der Waals surface area contributed by atoms with E-state index in [2.05, 4.69) is 27.5 Å². The molecule has 2 unspecified atom stereocenters. The van der Waals surface area contributed by atoms with Gasteiger partial charge in [0.1, 0.15) is 5.76 Å². The lowest BCUT2D eigenvalue weighted by atomic mass is 9.95. The Morgan fingerprint density at radius 1 is 1.30 bits per heavy atom. The van der Waals surface area contributed by atoms with Crippen LogP contribution in [0.15, 0.2) is 33.7 Å². The van der Waals surface area contributed by atoms with E-state index in [1.165, 1.54) is 12.8 Å². The van der Waals surface area contributed by atoms with Crippen molar-refractivity contribution in [2.75, 3.05) is 14.2 Å². The number of rotatable bonds is 3. The first-order valence-corrected chi connectivity index (χ1v) is 8.29. The molecule has 3 heterocycles. The maximum Gasteiger partial charge on any atom is 0.272 e. The van der Waals surface area contributed by atoms with Crippen LogP contribution in [0.2, 0.25) is 0 Å². The Morgan fingerprint density at radius 3 is 2.74 bits per heavy atom. The summed E-state index contributed by atoms with van der Waals surface area (Å²) < 4.78 is 5.26. The molecule has 0 aromatic heterocycles. The molecule has 23 heavy (non-hydrogen) atoms. The lowest BCUT2D eigenvalue weighted by molar-refractivity contribution is -0.115. The number of fused-ring (bicyclic) bond motifs is 3. The first kappa shape index (κ1) is 14.6. The van der Waals surface area contributed by atoms with Gasteiger partial charge in [-0.15, -0.1) is 5.10 Å². The molecule has 4 aliphatic rings. The number of nitrogens with zero attached hydrogens (tertiary/aromatic N) is 3. The molecule has 2 fully saturated rings. The first-order valence-electron chi connectivity index (χ1n) is 8.29. The van der Waals surface area contributed by atoms with Crippen molar-refractivity contribution in [2.24, 2.45) is 10.2 Å². The molecule has 1 amide bonds. The number of carbonyl (C=O) groups excluding carboxylic acids is 1. The summed E-state index contributed by atoms with van der Waals surface area (Å²) in [5.41, 5.74) is 2.08. The van der Waals surface area contributed by atoms with Crippen LogP contribution in [0.1, 0.15) is 32.1 Å². The number of amides is 1. The van der Waals surface area contributed by atoms with Gasteiger partial charge in [-0.05, 0) is 44.9 Å². The molecule has 6 heteroatoms. The van der Waals surface area contributed by atoms with Gasteiger partial charge in [0.2, 0.25) is 0 Å². The standard InChI is InChI=1S/C17H22N4O2/c1-21-11-3-4-12(21)8-10(7-11)18-17(22)16-14-9-13(23-2)5-6-15(14)19-20-16/h5,9-12H,3-4,6-8H2,1-2H3,(H,18,22). The highest BCUT2D eigenvalue weighted by atomic mass is 16.5. The van der Waals surface area contributed by atoms with Gasteiger partial charge < -0.3 is 15.0 Å². The monoisotopic (exact) mass is 314 g/mol. The van der Waals surface area contributed by atoms with Crippen LogP contribution in [-0.4, -0.2) is 54.5 Å². The van der Waals surface area contributed by atoms with E-state index >= 15 is 0 Å². The maximum atomic E-state index is 12.6. The zero-order valence-corrected chi connectivity index (χ0v) is 13.6. The van der Waals surface area contributed by atoms with E-state index in [1.54, 1.807) is 7.11 Å². The van der Waals surface area contributed by atoms with Gasteiger partial charge in [-0.1, -0.05) is 0 Å². The first-order chi connectivity index (χ1) is 11.2. The van der Waals surface area contributed by atoms with Crippen molar-refractivity contribution in [1.82, 2.24) is 10.2 Å². The number of ether oxygens (including phenoxy) is 1. The topological polar surface area (TPSA) is 66.3 Å². The number of hydrogen-bond donors (Lipinski definition) is 1. The van der Waals surface area contributed by atoms with Crippen LogP contribution in [0, 0.1) is 0 Å². The lowest BCUT2D eigenvalue weighted by Crippen LogP contribution is -2.50. The number of carbonyl (C=O) groups is 1. The highest BCUT2D eigenvalue weighted by Gasteiger charge is 2.39. The third-order valence-electron chi connectivity index (χ3n) is 5.50. The second-order valence-corrected chi connectivity index (χ2v) is 6.76. The molecule has 0 aromatic carbocycles. The molecule has 3 aliphatic heterocycles. The van der Waals surface area contributed by atoms with Crippen molar-refractivity contribution in [1.29, 1.82) is 0 Å². The van der Waals surface area contributed by atoms with Gasteiger partial charge in [-0.25, -0.2) is 0 Å². The maximum absolute atomic E-state index is 12.6. The quantitative estimate of drug-likeness (QED) is 0.856. The highest BCUT2D eigenvalue weighted by Crippen LogP contribution is 2.34. The fourth-order valence-corrected chi connectivity index (χ4v) is 4.15. The summed E-state index contributed by atoms with van der Waals surface area (Å²) in [5, 5.41) is 11.4. The highest BCUT2D eigenvalue weighted by molar-refractivity contribution is 6.53. The minimum absolute atomic E-state index is 0.110. The Hall–Kier alpha value is -1.95. The average molecular weight is 314 g/mol. The molecular formula is C17H22N4O2. The van der Waals surface area contributed by atoms with Crippen molar-refractivity contribution >= 4 is 17.3 Å². The Kier molecular flexibility index (Phi) is 3.56. The minimum Gasteiger partial charge on any atom is -0.497 e. The average Bonchev–Trinajstić information content (AvgIpc) is 3.04. The van der Waals surface area contributed by atoms with E-state index in [0.717, 1.165) is 29.9 Å². The van der Waals surface area contributed by atoms with Gasteiger partial charge in [-0.3, -0.25) is 4.79 Å². The van der Waals surface area contributed by atoms with E-state index in [1.807, 2.05) is 12.2 Å². The number of methoxy groups -OCH3 is 1. The minimum atomic E-state index is -0.110. The van der Waals surface area contributed by atoms with Gasteiger partial charge in [0.25, 0.3) is 5.91 Å². The molecule has 122 valence electrons. The van der Waals surface area contributed by atoms with Crippen molar-refractivity contribution in [3.8, 4) is 0 Å².